The molecule has 2 saturated heterocycles. The molecule has 3 nitrogen and oxygen atoms in total. The molecule has 2 N–H and O–H groups in total. The van der Waals surface area contributed by atoms with Crippen LogP contribution in [0.25, 0.3) is 0 Å². The lowest BCUT2D eigenvalue weighted by atomic mass is 9.86. The number of nitrogens with two attached hydrogens (primary N) is 1. The lowest BCUT2D eigenvalue weighted by Crippen LogP contribution is -2.46. The van der Waals surface area contributed by atoms with Gasteiger partial charge in [0.15, 0.2) is 0 Å². The molecule has 1 aromatic carbocycles. The summed E-state index contributed by atoms with van der Waals surface area (Å²) in [6.07, 6.45) is 4.45. The maximum atomic E-state index is 6.14. The molecule has 1 spiro atoms. The number of hydrogen-bond acceptors (Lipinski definition) is 4. The molecule has 2 aliphatic rings. The van der Waals surface area contributed by atoms with Crippen LogP contribution >= 0.6 is 27.7 Å². The molecule has 2 fully saturated rings. The second kappa shape index (κ2) is 6.16. The van der Waals surface area contributed by atoms with Gasteiger partial charge in [-0.15, -0.1) is 0 Å². The number of halogens is 1. The van der Waals surface area contributed by atoms with E-state index in [1.54, 1.807) is 0 Å². The Morgan fingerprint density at radius 2 is 2.15 bits per heavy atom. The molecule has 0 saturated carbocycles. The molecular formula is C15H20BrNO2S. The summed E-state index contributed by atoms with van der Waals surface area (Å²) in [4.78, 5) is 0. The van der Waals surface area contributed by atoms with Gasteiger partial charge in [-0.3, -0.25) is 0 Å². The van der Waals surface area contributed by atoms with E-state index in [0.29, 0.717) is 5.69 Å². The molecule has 5 heteroatoms. The van der Waals surface area contributed by atoms with Gasteiger partial charge in [-0.05, 0) is 42.5 Å². The Bertz CT molecular complexity index is 471. The molecule has 0 bridgehead atoms. The first-order chi connectivity index (χ1) is 9.67. The van der Waals surface area contributed by atoms with Crippen molar-refractivity contribution in [2.75, 3.05) is 23.8 Å². The monoisotopic (exact) mass is 357 g/mol. The van der Waals surface area contributed by atoms with Gasteiger partial charge in [0.25, 0.3) is 0 Å². The lowest BCUT2D eigenvalue weighted by molar-refractivity contribution is -0.116. The van der Waals surface area contributed by atoms with Crippen molar-refractivity contribution in [3.05, 3.63) is 22.7 Å². The molecule has 0 amide bonds. The maximum Gasteiger partial charge on any atom is 0.142 e. The average Bonchev–Trinajstić information content (AvgIpc) is 2.43. The van der Waals surface area contributed by atoms with Gasteiger partial charge in [-0.25, -0.2) is 0 Å². The maximum absolute atomic E-state index is 6.14. The second-order valence-electron chi connectivity index (χ2n) is 5.56. The van der Waals surface area contributed by atoms with Crippen molar-refractivity contribution < 1.29 is 9.47 Å². The zero-order chi connectivity index (χ0) is 14.0. The minimum Gasteiger partial charge on any atom is -0.488 e. The van der Waals surface area contributed by atoms with Crippen LogP contribution in [0.2, 0.25) is 0 Å². The highest BCUT2D eigenvalue weighted by Crippen LogP contribution is 2.39. The number of rotatable bonds is 2. The molecule has 0 radical (unpaired) electrons. The Kier molecular flexibility index (Phi) is 4.48. The lowest BCUT2D eigenvalue weighted by Gasteiger charge is -2.43. The SMILES string of the molecule is Nc1cc(Br)ccc1OC1CCOC2(CCSCC2)C1. The number of benzene rings is 1. The molecule has 0 aromatic heterocycles. The molecule has 2 heterocycles. The van der Waals surface area contributed by atoms with Crippen LogP contribution in [0.3, 0.4) is 0 Å². The Morgan fingerprint density at radius 1 is 1.35 bits per heavy atom. The fraction of sp³-hybridized carbons (Fsp3) is 0.600. The topological polar surface area (TPSA) is 44.5 Å². The van der Waals surface area contributed by atoms with Gasteiger partial charge in [-0.1, -0.05) is 15.9 Å². The van der Waals surface area contributed by atoms with E-state index in [-0.39, 0.29) is 11.7 Å². The summed E-state index contributed by atoms with van der Waals surface area (Å²) in [5.74, 6) is 3.20. The second-order valence-corrected chi connectivity index (χ2v) is 7.70. The van der Waals surface area contributed by atoms with Crippen LogP contribution in [0.4, 0.5) is 5.69 Å². The van der Waals surface area contributed by atoms with Crippen molar-refractivity contribution in [3.8, 4) is 5.75 Å². The molecule has 3 rings (SSSR count). The average molecular weight is 358 g/mol. The van der Waals surface area contributed by atoms with Gasteiger partial charge in [0, 0.05) is 17.3 Å². The highest BCUT2D eigenvalue weighted by atomic mass is 79.9. The normalized spacial score (nSPS) is 25.6. The summed E-state index contributed by atoms with van der Waals surface area (Å²) >= 11 is 5.45. The summed E-state index contributed by atoms with van der Waals surface area (Å²) in [7, 11) is 0. The Morgan fingerprint density at radius 3 is 2.90 bits per heavy atom. The van der Waals surface area contributed by atoms with Crippen LogP contribution in [0.1, 0.15) is 25.7 Å². The number of thioether (sulfide) groups is 1. The number of ether oxygens (including phenoxy) is 2. The van der Waals surface area contributed by atoms with Gasteiger partial charge < -0.3 is 15.2 Å². The Labute approximate surface area is 132 Å². The van der Waals surface area contributed by atoms with Crippen LogP contribution in [-0.2, 0) is 4.74 Å². The van der Waals surface area contributed by atoms with E-state index >= 15 is 0 Å². The Hall–Kier alpha value is -0.390. The fourth-order valence-electron chi connectivity index (χ4n) is 2.98. The van der Waals surface area contributed by atoms with E-state index in [1.807, 2.05) is 30.0 Å². The summed E-state index contributed by atoms with van der Waals surface area (Å²) < 4.78 is 13.2. The van der Waals surface area contributed by atoms with E-state index in [9.17, 15) is 0 Å². The third-order valence-corrected chi connectivity index (χ3v) is 5.60. The van der Waals surface area contributed by atoms with Gasteiger partial charge >= 0.3 is 0 Å². The third-order valence-electron chi connectivity index (χ3n) is 4.12. The highest BCUT2D eigenvalue weighted by Gasteiger charge is 2.39. The molecule has 20 heavy (non-hydrogen) atoms. The van der Waals surface area contributed by atoms with Crippen molar-refractivity contribution in [3.63, 3.8) is 0 Å². The molecule has 2 aliphatic heterocycles. The van der Waals surface area contributed by atoms with E-state index in [4.69, 9.17) is 15.2 Å². The molecule has 110 valence electrons. The third kappa shape index (κ3) is 3.26. The van der Waals surface area contributed by atoms with Crippen LogP contribution < -0.4 is 10.5 Å². The number of anilines is 1. The molecule has 1 aromatic rings. The van der Waals surface area contributed by atoms with E-state index in [0.717, 1.165) is 42.5 Å². The molecular weight excluding hydrogens is 338 g/mol. The zero-order valence-electron chi connectivity index (χ0n) is 11.4. The fourth-order valence-corrected chi connectivity index (χ4v) is 4.60. The van der Waals surface area contributed by atoms with Crippen LogP contribution in [0.15, 0.2) is 22.7 Å². The smallest absolute Gasteiger partial charge is 0.142 e. The first kappa shape index (κ1) is 14.5. The van der Waals surface area contributed by atoms with Crippen molar-refractivity contribution in [2.24, 2.45) is 0 Å². The molecule has 1 unspecified atom stereocenters. The molecule has 0 aliphatic carbocycles. The zero-order valence-corrected chi connectivity index (χ0v) is 13.8. The summed E-state index contributed by atoms with van der Waals surface area (Å²) in [6, 6.07) is 5.80. The first-order valence-corrected chi connectivity index (χ1v) is 9.05. The van der Waals surface area contributed by atoms with E-state index in [2.05, 4.69) is 15.9 Å². The van der Waals surface area contributed by atoms with Crippen LogP contribution in [0, 0.1) is 0 Å². The quantitative estimate of drug-likeness (QED) is 0.816. The van der Waals surface area contributed by atoms with Crippen molar-refractivity contribution in [1.82, 2.24) is 0 Å². The standard InChI is InChI=1S/C15H20BrNO2S/c16-11-1-2-14(13(17)9-11)19-12-3-6-18-15(10-12)4-7-20-8-5-15/h1-2,9,12H,3-8,10,17H2. The largest absolute Gasteiger partial charge is 0.488 e. The van der Waals surface area contributed by atoms with Gasteiger partial charge in [0.2, 0.25) is 0 Å². The van der Waals surface area contributed by atoms with Gasteiger partial charge in [0.1, 0.15) is 11.9 Å². The van der Waals surface area contributed by atoms with Crippen molar-refractivity contribution in [2.45, 2.75) is 37.4 Å². The van der Waals surface area contributed by atoms with Crippen LogP contribution in [0.5, 0.6) is 5.75 Å². The van der Waals surface area contributed by atoms with Crippen LogP contribution in [-0.4, -0.2) is 29.8 Å². The summed E-state index contributed by atoms with van der Waals surface area (Å²) in [5.41, 5.74) is 6.77. The first-order valence-electron chi connectivity index (χ1n) is 7.10. The Balaban J connectivity index is 1.68. The summed E-state index contributed by atoms with van der Waals surface area (Å²) in [5, 5.41) is 0. The highest BCUT2D eigenvalue weighted by molar-refractivity contribution is 9.10. The predicted octanol–water partition coefficient (Wildman–Crippen LogP) is 3.85. The van der Waals surface area contributed by atoms with Crippen molar-refractivity contribution in [1.29, 1.82) is 0 Å². The number of hydrogen-bond donors (Lipinski definition) is 1. The minimum absolute atomic E-state index is 0.0539. The van der Waals surface area contributed by atoms with Crippen molar-refractivity contribution >= 4 is 33.4 Å². The van der Waals surface area contributed by atoms with Gasteiger partial charge in [-0.2, -0.15) is 11.8 Å². The molecule has 1 atom stereocenters. The van der Waals surface area contributed by atoms with E-state index < -0.39 is 0 Å². The summed E-state index contributed by atoms with van der Waals surface area (Å²) in [6.45, 7) is 0.797. The van der Waals surface area contributed by atoms with E-state index in [1.165, 1.54) is 11.5 Å². The predicted molar refractivity (Wildman–Crippen MR) is 87.4 cm³/mol. The number of nitrogen functional groups attached to an aromatic ring is 1. The minimum atomic E-state index is 0.0539. The van der Waals surface area contributed by atoms with Gasteiger partial charge in [0.05, 0.1) is 17.9 Å².